The first-order chi connectivity index (χ1) is 19.6. The van der Waals surface area contributed by atoms with E-state index >= 15 is 0 Å². The summed E-state index contributed by atoms with van der Waals surface area (Å²) in [6.45, 7) is 9.19. The summed E-state index contributed by atoms with van der Waals surface area (Å²) < 4.78 is 14.3. The number of nitrogens with one attached hydrogen (secondary N) is 2. The Morgan fingerprint density at radius 1 is 1.12 bits per heavy atom. The van der Waals surface area contributed by atoms with E-state index in [1.54, 1.807) is 31.4 Å². The first-order valence-corrected chi connectivity index (χ1v) is 15.4. The van der Waals surface area contributed by atoms with Crippen LogP contribution in [0.2, 0.25) is 0 Å². The van der Waals surface area contributed by atoms with Crippen LogP contribution in [0.1, 0.15) is 29.9 Å². The van der Waals surface area contributed by atoms with Gasteiger partial charge in [-0.1, -0.05) is 12.1 Å². The van der Waals surface area contributed by atoms with Gasteiger partial charge in [0.2, 0.25) is 5.95 Å². The van der Waals surface area contributed by atoms with E-state index in [0.29, 0.717) is 12.5 Å². The molecule has 0 unspecified atom stereocenters. The zero-order valence-electron chi connectivity index (χ0n) is 23.5. The third-order valence-electron chi connectivity index (χ3n) is 7.51. The zero-order chi connectivity index (χ0) is 29.1. The number of thiophene rings is 1. The highest BCUT2D eigenvalue weighted by Gasteiger charge is 2.43. The van der Waals surface area contributed by atoms with Crippen molar-refractivity contribution in [1.82, 2.24) is 30.0 Å². The minimum atomic E-state index is -0.898. The molecule has 2 N–H and O–H groups in total. The molecule has 5 rings (SSSR count). The minimum Gasteiger partial charge on any atom is -0.352 e. The Labute approximate surface area is 252 Å². The molecule has 1 aromatic carbocycles. The number of halogens is 2. The second-order valence-corrected chi connectivity index (χ2v) is 13.1. The van der Waals surface area contributed by atoms with Crippen molar-refractivity contribution in [2.24, 2.45) is 0 Å². The molecule has 2 aliphatic heterocycles. The maximum Gasteiger partial charge on any atom is 0.325 e. The van der Waals surface area contributed by atoms with Gasteiger partial charge in [0, 0.05) is 63.3 Å². The number of benzene rings is 1. The number of hydrogen-bond donors (Lipinski definition) is 2. The predicted octanol–water partition coefficient (Wildman–Crippen LogP) is 4.23. The summed E-state index contributed by atoms with van der Waals surface area (Å²) in [4.78, 5) is 42.1. The van der Waals surface area contributed by atoms with E-state index in [2.05, 4.69) is 54.5 Å². The maximum absolute atomic E-state index is 13.5. The van der Waals surface area contributed by atoms with Gasteiger partial charge in [0.25, 0.3) is 5.91 Å². The van der Waals surface area contributed by atoms with Crippen LogP contribution in [-0.2, 0) is 17.6 Å². The number of urea groups is 1. The van der Waals surface area contributed by atoms with Crippen LogP contribution in [0.15, 0.2) is 41.0 Å². The fraction of sp³-hybridized carbons (Fsp3) is 0.448. The van der Waals surface area contributed by atoms with Gasteiger partial charge in [0.1, 0.15) is 11.4 Å². The minimum absolute atomic E-state index is 0.208. The Balaban J connectivity index is 1.32. The Kier molecular flexibility index (Phi) is 9.03. The van der Waals surface area contributed by atoms with Gasteiger partial charge in [0.15, 0.2) is 0 Å². The van der Waals surface area contributed by atoms with Crippen LogP contribution in [0.5, 0.6) is 0 Å². The van der Waals surface area contributed by atoms with Gasteiger partial charge < -0.3 is 20.4 Å². The van der Waals surface area contributed by atoms with Gasteiger partial charge in [0.05, 0.1) is 15.0 Å². The van der Waals surface area contributed by atoms with Gasteiger partial charge in [-0.05, 0) is 72.6 Å². The van der Waals surface area contributed by atoms with Crippen LogP contribution in [0.4, 0.5) is 15.1 Å². The molecule has 9 nitrogen and oxygen atoms in total. The Morgan fingerprint density at radius 3 is 2.54 bits per heavy atom. The third-order valence-corrected chi connectivity index (χ3v) is 9.27. The lowest BCUT2D eigenvalue weighted by molar-refractivity contribution is -0.130. The van der Waals surface area contributed by atoms with Crippen molar-refractivity contribution in [2.45, 2.75) is 32.2 Å². The molecule has 12 heteroatoms. The number of carbonyl (C=O) groups is 2. The molecule has 218 valence electrons. The van der Waals surface area contributed by atoms with Crippen molar-refractivity contribution in [3.8, 4) is 10.6 Å². The van der Waals surface area contributed by atoms with Crippen LogP contribution in [-0.4, -0.2) is 95.0 Å². The average Bonchev–Trinajstić information content (AvgIpc) is 3.42. The first-order valence-electron chi connectivity index (χ1n) is 13.8. The van der Waals surface area contributed by atoms with Crippen LogP contribution >= 0.6 is 27.3 Å². The summed E-state index contributed by atoms with van der Waals surface area (Å²) in [6.07, 6.45) is 3.36. The smallest absolute Gasteiger partial charge is 0.325 e. The SMILES string of the molecule is CN1CCN(CCc2cc(-c3nc(NCCN4C(=O)NC(C)(C)C4=O)ncc3Br)sc2Cc2ccc(F)cc2)CC1. The Hall–Kier alpha value is -2.93. The maximum atomic E-state index is 13.5. The van der Waals surface area contributed by atoms with Crippen molar-refractivity contribution in [2.75, 3.05) is 58.2 Å². The summed E-state index contributed by atoms with van der Waals surface area (Å²) in [6, 6.07) is 8.52. The Bertz CT molecular complexity index is 1410. The molecule has 0 spiro atoms. The highest BCUT2D eigenvalue weighted by Crippen LogP contribution is 2.36. The van der Waals surface area contributed by atoms with Gasteiger partial charge in [-0.15, -0.1) is 11.3 Å². The molecule has 41 heavy (non-hydrogen) atoms. The average molecular weight is 645 g/mol. The van der Waals surface area contributed by atoms with Gasteiger partial charge in [-0.3, -0.25) is 9.69 Å². The highest BCUT2D eigenvalue weighted by molar-refractivity contribution is 9.10. The standard InChI is InChI=1S/C29H35BrFN7O2S/c1-29(2)26(39)38(28(40)35-29)11-9-32-27-33-18-22(30)25(34-27)24-17-20(8-10-37-14-12-36(3)13-15-37)23(41-24)16-19-4-6-21(31)7-5-19/h4-7,17-18H,8-16H2,1-3H3,(H,35,40)(H,32,33,34). The molecule has 2 fully saturated rings. The molecule has 2 saturated heterocycles. The van der Waals surface area contributed by atoms with Gasteiger partial charge in [-0.25, -0.2) is 19.2 Å². The lowest BCUT2D eigenvalue weighted by Crippen LogP contribution is -2.45. The molecule has 0 aliphatic carbocycles. The molecule has 2 aliphatic rings. The number of hydrogen-bond acceptors (Lipinski definition) is 8. The van der Waals surface area contributed by atoms with Crippen LogP contribution < -0.4 is 10.6 Å². The quantitative estimate of drug-likeness (QED) is 0.319. The van der Waals surface area contributed by atoms with Gasteiger partial charge >= 0.3 is 6.03 Å². The molecular weight excluding hydrogens is 609 g/mol. The summed E-state index contributed by atoms with van der Waals surface area (Å²) in [5, 5.41) is 5.85. The normalized spacial score (nSPS) is 17.7. The molecule has 3 amide bonds. The molecule has 0 atom stereocenters. The fourth-order valence-corrected chi connectivity index (χ4v) is 6.79. The lowest BCUT2D eigenvalue weighted by atomic mass is 10.1. The predicted molar refractivity (Wildman–Crippen MR) is 163 cm³/mol. The van der Waals surface area contributed by atoms with Crippen molar-refractivity contribution in [1.29, 1.82) is 0 Å². The molecule has 3 aromatic rings. The van der Waals surface area contributed by atoms with Crippen LogP contribution in [0.3, 0.4) is 0 Å². The van der Waals surface area contributed by atoms with E-state index in [9.17, 15) is 14.0 Å². The zero-order valence-corrected chi connectivity index (χ0v) is 25.9. The van der Waals surface area contributed by atoms with Crippen molar-refractivity contribution in [3.05, 3.63) is 62.8 Å². The van der Waals surface area contributed by atoms with Gasteiger partial charge in [-0.2, -0.15) is 0 Å². The topological polar surface area (TPSA) is 93.7 Å². The lowest BCUT2D eigenvalue weighted by Gasteiger charge is -2.32. The third kappa shape index (κ3) is 7.11. The Morgan fingerprint density at radius 2 is 1.85 bits per heavy atom. The number of imide groups is 1. The van der Waals surface area contributed by atoms with Crippen LogP contribution in [0.25, 0.3) is 10.6 Å². The number of nitrogens with zero attached hydrogens (tertiary/aromatic N) is 5. The molecule has 0 radical (unpaired) electrons. The summed E-state index contributed by atoms with van der Waals surface area (Å²) >= 11 is 5.32. The molecular formula is C29H35BrFN7O2S. The number of amides is 3. The molecule has 2 aromatic heterocycles. The highest BCUT2D eigenvalue weighted by atomic mass is 79.9. The number of carbonyl (C=O) groups excluding carboxylic acids is 2. The van der Waals surface area contributed by atoms with E-state index in [1.165, 1.54) is 27.5 Å². The van der Waals surface area contributed by atoms with Crippen molar-refractivity contribution in [3.63, 3.8) is 0 Å². The summed E-state index contributed by atoms with van der Waals surface area (Å²) in [5.41, 5.74) is 2.21. The van der Waals surface area contributed by atoms with E-state index in [1.807, 2.05) is 12.1 Å². The van der Waals surface area contributed by atoms with Crippen molar-refractivity contribution >= 4 is 45.2 Å². The largest absolute Gasteiger partial charge is 0.352 e. The second-order valence-electron chi connectivity index (χ2n) is 11.1. The van der Waals surface area contributed by atoms with Crippen LogP contribution in [0, 0.1) is 5.82 Å². The molecule has 4 heterocycles. The monoisotopic (exact) mass is 643 g/mol. The molecule has 0 saturated carbocycles. The van der Waals surface area contributed by atoms with E-state index in [-0.39, 0.29) is 18.3 Å². The number of piperazine rings is 1. The van der Waals surface area contributed by atoms with E-state index in [4.69, 9.17) is 4.98 Å². The molecule has 0 bridgehead atoms. The van der Waals surface area contributed by atoms with Crippen molar-refractivity contribution < 1.29 is 14.0 Å². The first kappa shape index (κ1) is 29.6. The number of aromatic nitrogens is 2. The summed E-state index contributed by atoms with van der Waals surface area (Å²) in [7, 11) is 2.16. The number of likely N-dealkylation sites (N-methyl/N-ethyl adjacent to an activating group) is 1. The number of anilines is 1. The van der Waals surface area contributed by atoms with E-state index in [0.717, 1.165) is 66.2 Å². The van der Waals surface area contributed by atoms with E-state index < -0.39 is 11.6 Å². The summed E-state index contributed by atoms with van der Waals surface area (Å²) in [5.74, 6) is -0.0700. The fourth-order valence-electron chi connectivity index (χ4n) is 5.01. The second kappa shape index (κ2) is 12.5. The number of rotatable bonds is 10.